The van der Waals surface area contributed by atoms with Gasteiger partial charge in [0, 0.05) is 12.6 Å². The van der Waals surface area contributed by atoms with E-state index < -0.39 is 10.0 Å². The number of anilines is 1. The number of ether oxygens (including phenoxy) is 1. The average molecular weight is 362 g/mol. The van der Waals surface area contributed by atoms with Crippen molar-refractivity contribution in [2.45, 2.75) is 18.7 Å². The first-order valence-electron chi connectivity index (χ1n) is 7.88. The Labute approximate surface area is 148 Å². The Morgan fingerprint density at radius 3 is 2.44 bits per heavy atom. The number of sulfonamides is 1. The first-order chi connectivity index (χ1) is 11.9. The van der Waals surface area contributed by atoms with E-state index in [0.717, 1.165) is 9.87 Å². The van der Waals surface area contributed by atoms with Gasteiger partial charge in [-0.3, -0.25) is 9.10 Å². The summed E-state index contributed by atoms with van der Waals surface area (Å²) in [4.78, 5) is 12.2. The van der Waals surface area contributed by atoms with Crippen LogP contribution >= 0.6 is 0 Å². The molecule has 6 nitrogen and oxygen atoms in total. The monoisotopic (exact) mass is 362 g/mol. The highest BCUT2D eigenvalue weighted by atomic mass is 32.2. The summed E-state index contributed by atoms with van der Waals surface area (Å²) in [7, 11) is -2.39. The van der Waals surface area contributed by atoms with Crippen molar-refractivity contribution < 1.29 is 17.9 Å². The molecule has 0 fully saturated rings. The molecule has 0 aliphatic heterocycles. The Morgan fingerprint density at radius 1 is 1.16 bits per heavy atom. The van der Waals surface area contributed by atoms with Gasteiger partial charge in [0.1, 0.15) is 12.3 Å². The van der Waals surface area contributed by atoms with Crippen LogP contribution in [0.15, 0.2) is 53.4 Å². The molecule has 1 amide bonds. The smallest absolute Gasteiger partial charge is 0.264 e. The quantitative estimate of drug-likeness (QED) is 0.820. The minimum absolute atomic E-state index is 0.130. The number of rotatable bonds is 7. The topological polar surface area (TPSA) is 75.7 Å². The number of carbonyl (C=O) groups excluding carboxylic acids is 1. The number of carbonyl (C=O) groups is 1. The van der Waals surface area contributed by atoms with Gasteiger partial charge in [-0.15, -0.1) is 0 Å². The highest BCUT2D eigenvalue weighted by Gasteiger charge is 2.27. The number of nitrogens with zero attached hydrogens (tertiary/aromatic N) is 1. The van der Waals surface area contributed by atoms with Gasteiger partial charge in [0.15, 0.2) is 0 Å². The molecule has 7 heteroatoms. The summed E-state index contributed by atoms with van der Waals surface area (Å²) in [5.74, 6) is 0.138. The molecule has 0 heterocycles. The second-order valence-corrected chi connectivity index (χ2v) is 7.34. The van der Waals surface area contributed by atoms with Gasteiger partial charge in [-0.25, -0.2) is 8.42 Å². The van der Waals surface area contributed by atoms with Crippen molar-refractivity contribution in [2.24, 2.45) is 0 Å². The second kappa shape index (κ2) is 8.02. The fraction of sp³-hybridized carbons (Fsp3) is 0.278. The molecule has 0 spiro atoms. The zero-order valence-electron chi connectivity index (χ0n) is 14.5. The third-order valence-electron chi connectivity index (χ3n) is 3.61. The number of hydrogen-bond acceptors (Lipinski definition) is 4. The molecule has 2 aromatic carbocycles. The molecule has 0 saturated heterocycles. The van der Waals surface area contributed by atoms with Crippen LogP contribution in [0.1, 0.15) is 12.5 Å². The van der Waals surface area contributed by atoms with E-state index in [1.54, 1.807) is 43.3 Å². The summed E-state index contributed by atoms with van der Waals surface area (Å²) in [5, 5.41) is 2.63. The molecule has 25 heavy (non-hydrogen) atoms. The number of likely N-dealkylation sites (N-methyl/N-ethyl adjacent to an activating group) is 1. The van der Waals surface area contributed by atoms with Gasteiger partial charge in [-0.05, 0) is 38.1 Å². The Morgan fingerprint density at radius 2 is 1.84 bits per heavy atom. The van der Waals surface area contributed by atoms with E-state index in [1.165, 1.54) is 19.2 Å². The maximum atomic E-state index is 13.1. The van der Waals surface area contributed by atoms with Crippen molar-refractivity contribution >= 4 is 21.6 Å². The van der Waals surface area contributed by atoms with Crippen LogP contribution in [0.3, 0.4) is 0 Å². The molecular weight excluding hydrogens is 340 g/mol. The number of methoxy groups -OCH3 is 1. The molecular formula is C18H22N2O4S. The van der Waals surface area contributed by atoms with Gasteiger partial charge in [-0.1, -0.05) is 23.8 Å². The Hall–Kier alpha value is -2.54. The zero-order valence-corrected chi connectivity index (χ0v) is 15.3. The molecule has 0 atom stereocenters. The van der Waals surface area contributed by atoms with Gasteiger partial charge in [-0.2, -0.15) is 0 Å². The van der Waals surface area contributed by atoms with Crippen molar-refractivity contribution in [3.05, 3.63) is 54.1 Å². The lowest BCUT2D eigenvalue weighted by Gasteiger charge is -2.24. The molecule has 0 aromatic heterocycles. The van der Waals surface area contributed by atoms with Crippen LogP contribution in [0.2, 0.25) is 0 Å². The Kier molecular flexibility index (Phi) is 6.03. The summed E-state index contributed by atoms with van der Waals surface area (Å²) in [6.07, 6.45) is 0. The molecule has 0 saturated carbocycles. The predicted molar refractivity (Wildman–Crippen MR) is 97.4 cm³/mol. The minimum atomic E-state index is -3.89. The number of nitrogens with one attached hydrogen (secondary N) is 1. The SMILES string of the molecule is CCNC(=O)CN(c1cccc(OC)c1)S(=O)(=O)c1ccc(C)cc1. The molecule has 2 aromatic rings. The first-order valence-corrected chi connectivity index (χ1v) is 9.32. The van der Waals surface area contributed by atoms with Crippen LogP contribution in [0, 0.1) is 6.92 Å². The summed E-state index contributed by atoms with van der Waals surface area (Å²) in [5.41, 5.74) is 1.32. The van der Waals surface area contributed by atoms with E-state index >= 15 is 0 Å². The van der Waals surface area contributed by atoms with E-state index in [4.69, 9.17) is 4.74 Å². The fourth-order valence-corrected chi connectivity index (χ4v) is 3.71. The molecule has 2 rings (SSSR count). The number of aryl methyl sites for hydroxylation is 1. The van der Waals surface area contributed by atoms with E-state index in [0.29, 0.717) is 18.0 Å². The summed E-state index contributed by atoms with van der Waals surface area (Å²) >= 11 is 0. The summed E-state index contributed by atoms with van der Waals surface area (Å²) in [6, 6.07) is 13.1. The highest BCUT2D eigenvalue weighted by Crippen LogP contribution is 2.27. The zero-order chi connectivity index (χ0) is 18.4. The Balaban J connectivity index is 2.49. The van der Waals surface area contributed by atoms with E-state index in [1.807, 2.05) is 6.92 Å². The lowest BCUT2D eigenvalue weighted by Crippen LogP contribution is -2.40. The molecule has 134 valence electrons. The van der Waals surface area contributed by atoms with Gasteiger partial charge < -0.3 is 10.1 Å². The summed E-state index contributed by atoms with van der Waals surface area (Å²) < 4.78 is 32.4. The summed E-state index contributed by atoms with van der Waals surface area (Å²) in [6.45, 7) is 3.78. The number of hydrogen-bond donors (Lipinski definition) is 1. The fourth-order valence-electron chi connectivity index (χ4n) is 2.30. The largest absolute Gasteiger partial charge is 0.497 e. The van der Waals surface area contributed by atoms with Crippen LogP contribution in [0.4, 0.5) is 5.69 Å². The molecule has 0 radical (unpaired) electrons. The third-order valence-corrected chi connectivity index (χ3v) is 5.40. The third kappa shape index (κ3) is 4.51. The van der Waals surface area contributed by atoms with Crippen LogP contribution in [-0.2, 0) is 14.8 Å². The molecule has 0 unspecified atom stereocenters. The lowest BCUT2D eigenvalue weighted by molar-refractivity contribution is -0.119. The van der Waals surface area contributed by atoms with Gasteiger partial charge in [0.2, 0.25) is 5.91 Å². The van der Waals surface area contributed by atoms with Crippen LogP contribution in [0.25, 0.3) is 0 Å². The number of amides is 1. The predicted octanol–water partition coefficient (Wildman–Crippen LogP) is 2.34. The maximum Gasteiger partial charge on any atom is 0.264 e. The second-order valence-electron chi connectivity index (χ2n) is 5.48. The van der Waals surface area contributed by atoms with Crippen molar-refractivity contribution in [3.63, 3.8) is 0 Å². The van der Waals surface area contributed by atoms with Gasteiger partial charge in [0.05, 0.1) is 17.7 Å². The molecule has 0 bridgehead atoms. The van der Waals surface area contributed by atoms with Crippen LogP contribution in [0.5, 0.6) is 5.75 Å². The van der Waals surface area contributed by atoms with Crippen LogP contribution < -0.4 is 14.4 Å². The van der Waals surface area contributed by atoms with Crippen LogP contribution in [-0.4, -0.2) is 34.5 Å². The standard InChI is InChI=1S/C18H22N2O4S/c1-4-19-18(21)13-20(15-6-5-7-16(12-15)24-3)25(22,23)17-10-8-14(2)9-11-17/h5-12H,4,13H2,1-3H3,(H,19,21). The van der Waals surface area contributed by atoms with Crippen molar-refractivity contribution in [1.82, 2.24) is 5.32 Å². The van der Waals surface area contributed by atoms with Crippen molar-refractivity contribution in [3.8, 4) is 5.75 Å². The first kappa shape index (κ1) is 18.8. The minimum Gasteiger partial charge on any atom is -0.497 e. The molecule has 0 aliphatic carbocycles. The van der Waals surface area contributed by atoms with Crippen molar-refractivity contribution in [1.29, 1.82) is 0 Å². The highest BCUT2D eigenvalue weighted by molar-refractivity contribution is 7.92. The lowest BCUT2D eigenvalue weighted by atomic mass is 10.2. The van der Waals surface area contributed by atoms with E-state index in [9.17, 15) is 13.2 Å². The Bertz CT molecular complexity index is 832. The number of benzene rings is 2. The van der Waals surface area contributed by atoms with E-state index in [2.05, 4.69) is 5.32 Å². The normalized spacial score (nSPS) is 11.0. The van der Waals surface area contributed by atoms with E-state index in [-0.39, 0.29) is 17.3 Å². The molecule has 0 aliphatic rings. The maximum absolute atomic E-state index is 13.1. The van der Waals surface area contributed by atoms with Gasteiger partial charge >= 0.3 is 0 Å². The van der Waals surface area contributed by atoms with Crippen molar-refractivity contribution in [2.75, 3.05) is 24.5 Å². The average Bonchev–Trinajstić information content (AvgIpc) is 2.60. The molecule has 1 N–H and O–H groups in total. The van der Waals surface area contributed by atoms with Gasteiger partial charge in [0.25, 0.3) is 10.0 Å².